The molecule has 0 aliphatic heterocycles. The molecule has 120 valence electrons. The van der Waals surface area contributed by atoms with Crippen molar-refractivity contribution in [1.82, 2.24) is 9.88 Å². The highest BCUT2D eigenvalue weighted by Crippen LogP contribution is 2.32. The van der Waals surface area contributed by atoms with Crippen LogP contribution in [0, 0.1) is 10.1 Å². The van der Waals surface area contributed by atoms with Crippen LogP contribution in [-0.2, 0) is 4.79 Å². The number of nitrogens with zero attached hydrogens (tertiary/aromatic N) is 3. The number of anilines is 1. The van der Waals surface area contributed by atoms with E-state index < -0.39 is 10.9 Å². The van der Waals surface area contributed by atoms with Gasteiger partial charge in [0, 0.05) is 24.3 Å². The topological polar surface area (TPSA) is 109 Å². The first-order valence-corrected chi connectivity index (χ1v) is 7.30. The number of nitrogens with one attached hydrogen (secondary N) is 1. The molecular weight excluding hydrogens is 312 g/mol. The molecule has 0 unspecified atom stereocenters. The van der Waals surface area contributed by atoms with Crippen LogP contribution in [0.15, 0.2) is 12.3 Å². The number of aromatic nitrogens is 1. The first kappa shape index (κ1) is 16.4. The number of hydrogen-bond donors (Lipinski definition) is 2. The maximum absolute atomic E-state index is 11.0. The third-order valence-electron chi connectivity index (χ3n) is 3.75. The Morgan fingerprint density at radius 2 is 2.32 bits per heavy atom. The van der Waals surface area contributed by atoms with Crippen LogP contribution in [0.4, 0.5) is 11.5 Å². The molecule has 0 amide bonds. The summed E-state index contributed by atoms with van der Waals surface area (Å²) in [7, 11) is 0. The van der Waals surface area contributed by atoms with E-state index in [4.69, 9.17) is 16.7 Å². The van der Waals surface area contributed by atoms with Gasteiger partial charge in [-0.05, 0) is 19.4 Å². The minimum atomic E-state index is -0.853. The van der Waals surface area contributed by atoms with Crippen molar-refractivity contribution >= 4 is 29.1 Å². The Labute approximate surface area is 132 Å². The molecule has 1 aliphatic carbocycles. The van der Waals surface area contributed by atoms with Crippen LogP contribution >= 0.6 is 11.6 Å². The Bertz CT molecular complexity index is 577. The van der Waals surface area contributed by atoms with E-state index in [9.17, 15) is 14.9 Å². The van der Waals surface area contributed by atoms with Crippen molar-refractivity contribution < 1.29 is 14.8 Å². The normalized spacial score (nSPS) is 20.5. The molecular formula is C13H17ClN4O4. The van der Waals surface area contributed by atoms with Gasteiger partial charge in [0.1, 0.15) is 0 Å². The summed E-state index contributed by atoms with van der Waals surface area (Å²) in [4.78, 5) is 27.1. The van der Waals surface area contributed by atoms with E-state index in [0.717, 1.165) is 12.8 Å². The van der Waals surface area contributed by atoms with Gasteiger partial charge in [-0.15, -0.1) is 0 Å². The van der Waals surface area contributed by atoms with Gasteiger partial charge in [0.25, 0.3) is 0 Å². The average molecular weight is 329 g/mol. The van der Waals surface area contributed by atoms with E-state index >= 15 is 0 Å². The Hall–Kier alpha value is -1.93. The number of halogens is 1. The fourth-order valence-corrected chi connectivity index (χ4v) is 2.70. The molecule has 1 saturated carbocycles. The van der Waals surface area contributed by atoms with E-state index in [0.29, 0.717) is 6.54 Å². The molecule has 1 heterocycles. The Morgan fingerprint density at radius 3 is 2.86 bits per heavy atom. The minimum absolute atomic E-state index is 0.00717. The second-order valence-corrected chi connectivity index (χ2v) is 5.64. The van der Waals surface area contributed by atoms with Crippen LogP contribution < -0.4 is 5.32 Å². The lowest BCUT2D eigenvalue weighted by molar-refractivity contribution is -0.384. The predicted molar refractivity (Wildman–Crippen MR) is 81.2 cm³/mol. The van der Waals surface area contributed by atoms with E-state index in [1.807, 2.05) is 11.8 Å². The summed E-state index contributed by atoms with van der Waals surface area (Å²) in [6.07, 6.45) is 2.81. The number of aliphatic carboxylic acids is 1. The second-order valence-electron chi connectivity index (χ2n) is 5.20. The van der Waals surface area contributed by atoms with Gasteiger partial charge in [-0.25, -0.2) is 4.98 Å². The number of rotatable bonds is 7. The molecule has 0 spiro atoms. The molecule has 22 heavy (non-hydrogen) atoms. The molecule has 2 rings (SSSR count). The fourth-order valence-electron chi connectivity index (χ4n) is 2.55. The van der Waals surface area contributed by atoms with Gasteiger partial charge in [-0.1, -0.05) is 18.5 Å². The lowest BCUT2D eigenvalue weighted by Gasteiger charge is -2.42. The zero-order valence-corrected chi connectivity index (χ0v) is 12.8. The van der Waals surface area contributed by atoms with Gasteiger partial charge in [-0.2, -0.15) is 0 Å². The average Bonchev–Trinajstić information content (AvgIpc) is 2.41. The highest BCUT2D eigenvalue weighted by Gasteiger charge is 2.35. The third-order valence-corrected chi connectivity index (χ3v) is 3.95. The summed E-state index contributed by atoms with van der Waals surface area (Å²) in [5, 5.41) is 23.1. The molecule has 0 aromatic carbocycles. The number of pyridine rings is 1. The molecule has 1 fully saturated rings. The predicted octanol–water partition coefficient (Wildman–Crippen LogP) is 1.99. The van der Waals surface area contributed by atoms with E-state index in [1.165, 1.54) is 12.3 Å². The van der Waals surface area contributed by atoms with Crippen molar-refractivity contribution in [3.05, 3.63) is 27.4 Å². The van der Waals surface area contributed by atoms with Crippen LogP contribution in [0.3, 0.4) is 0 Å². The summed E-state index contributed by atoms with van der Waals surface area (Å²) < 4.78 is 0. The Balaban J connectivity index is 1.95. The van der Waals surface area contributed by atoms with Gasteiger partial charge >= 0.3 is 11.7 Å². The molecule has 1 aromatic rings. The standard InChI is InChI=1S/C13H17ClN4O4/c1-2-17(7-12(19)20)10-4-9(5-10)16-13-11(18(21)22)3-8(14)6-15-13/h3,6,9-10H,2,4-5,7H2,1H3,(H,15,16)(H,19,20). The summed E-state index contributed by atoms with van der Waals surface area (Å²) in [6.45, 7) is 2.57. The van der Waals surface area contributed by atoms with Gasteiger partial charge in [0.2, 0.25) is 5.82 Å². The number of carbonyl (C=O) groups is 1. The number of carboxylic acid groups (broad SMARTS) is 1. The number of hydrogen-bond acceptors (Lipinski definition) is 6. The number of likely N-dealkylation sites (N-methyl/N-ethyl adjacent to an activating group) is 1. The van der Waals surface area contributed by atoms with Gasteiger partial charge in [0.05, 0.1) is 16.5 Å². The molecule has 1 aromatic heterocycles. The quantitative estimate of drug-likeness (QED) is 0.582. The van der Waals surface area contributed by atoms with Crippen LogP contribution in [0.2, 0.25) is 5.02 Å². The molecule has 8 nitrogen and oxygen atoms in total. The molecule has 2 N–H and O–H groups in total. The molecule has 1 aliphatic rings. The molecule has 0 radical (unpaired) electrons. The van der Waals surface area contributed by atoms with Crippen LogP contribution in [0.5, 0.6) is 0 Å². The third kappa shape index (κ3) is 3.83. The summed E-state index contributed by atoms with van der Waals surface area (Å²) in [6, 6.07) is 1.47. The summed E-state index contributed by atoms with van der Waals surface area (Å²) in [5.74, 6) is -0.660. The SMILES string of the molecule is CCN(CC(=O)O)C1CC(Nc2ncc(Cl)cc2[N+](=O)[O-])C1. The number of carboxylic acids is 1. The lowest BCUT2D eigenvalue weighted by atomic mass is 9.85. The van der Waals surface area contributed by atoms with Crippen molar-refractivity contribution in [3.63, 3.8) is 0 Å². The van der Waals surface area contributed by atoms with Crippen LogP contribution in [0.25, 0.3) is 0 Å². The van der Waals surface area contributed by atoms with Crippen molar-refractivity contribution in [2.75, 3.05) is 18.4 Å². The number of nitro groups is 1. The molecule has 0 saturated heterocycles. The molecule has 0 atom stereocenters. The second kappa shape index (κ2) is 6.89. The molecule has 9 heteroatoms. The van der Waals surface area contributed by atoms with E-state index in [1.54, 1.807) is 0 Å². The maximum Gasteiger partial charge on any atom is 0.317 e. The van der Waals surface area contributed by atoms with Gasteiger partial charge in [0.15, 0.2) is 0 Å². The van der Waals surface area contributed by atoms with Gasteiger partial charge in [-0.3, -0.25) is 19.8 Å². The zero-order valence-electron chi connectivity index (χ0n) is 12.0. The van der Waals surface area contributed by atoms with Crippen LogP contribution in [0.1, 0.15) is 19.8 Å². The minimum Gasteiger partial charge on any atom is -0.480 e. The zero-order chi connectivity index (χ0) is 16.3. The monoisotopic (exact) mass is 328 g/mol. The highest BCUT2D eigenvalue weighted by atomic mass is 35.5. The van der Waals surface area contributed by atoms with Crippen molar-refractivity contribution in [3.8, 4) is 0 Å². The first-order valence-electron chi connectivity index (χ1n) is 6.93. The smallest absolute Gasteiger partial charge is 0.317 e. The largest absolute Gasteiger partial charge is 0.480 e. The highest BCUT2D eigenvalue weighted by molar-refractivity contribution is 6.30. The summed E-state index contributed by atoms with van der Waals surface area (Å²) in [5.41, 5.74) is -0.158. The Kier molecular flexibility index (Phi) is 5.15. The maximum atomic E-state index is 11.0. The van der Waals surface area contributed by atoms with Crippen molar-refractivity contribution in [2.45, 2.75) is 31.8 Å². The first-order chi connectivity index (χ1) is 10.4. The summed E-state index contributed by atoms with van der Waals surface area (Å²) >= 11 is 5.72. The van der Waals surface area contributed by atoms with Crippen molar-refractivity contribution in [2.24, 2.45) is 0 Å². The Morgan fingerprint density at radius 1 is 1.64 bits per heavy atom. The molecule has 0 bridgehead atoms. The lowest BCUT2D eigenvalue weighted by Crippen LogP contribution is -2.51. The van der Waals surface area contributed by atoms with E-state index in [-0.39, 0.29) is 35.2 Å². The van der Waals surface area contributed by atoms with Crippen molar-refractivity contribution in [1.29, 1.82) is 0 Å². The van der Waals surface area contributed by atoms with E-state index in [2.05, 4.69) is 10.3 Å². The van der Waals surface area contributed by atoms with Crippen LogP contribution in [-0.4, -0.2) is 51.1 Å². The fraction of sp³-hybridized carbons (Fsp3) is 0.538. The van der Waals surface area contributed by atoms with Gasteiger partial charge < -0.3 is 10.4 Å².